The second-order valence-electron chi connectivity index (χ2n) is 27.3. The van der Waals surface area contributed by atoms with Crippen molar-refractivity contribution >= 4 is 148 Å². The summed E-state index contributed by atoms with van der Waals surface area (Å²) in [5, 5.41) is 62.2. The van der Waals surface area contributed by atoms with Crippen molar-refractivity contribution in [3.05, 3.63) is 90.0 Å². The molecule has 0 fully saturated rings. The Hall–Kier alpha value is -11.9. The fourth-order valence-electron chi connectivity index (χ4n) is 11.6. The number of benzene rings is 2. The van der Waals surface area contributed by atoms with E-state index in [2.05, 4.69) is 119 Å². The normalized spacial score (nSPS) is 14.9. The highest BCUT2D eigenvalue weighted by Crippen LogP contribution is 2.23. The molecule has 14 amide bonds. The minimum absolute atomic E-state index is 0.0429. The average molecular weight is 1630 g/mol. The number of fused-ring (bicyclic) bond motifs is 2. The molecule has 25 N–H and O–H groups in total. The first-order valence-electron chi connectivity index (χ1n) is 36.2. The molecule has 0 bridgehead atoms. The van der Waals surface area contributed by atoms with Gasteiger partial charge in [0.05, 0.1) is 31.1 Å². The molecule has 43 heteroatoms. The predicted molar refractivity (Wildman–Crippen MR) is 416 cm³/mol. The van der Waals surface area contributed by atoms with Crippen LogP contribution >= 0.6 is 25.3 Å². The number of primary amides is 1. The van der Waals surface area contributed by atoms with Gasteiger partial charge in [-0.2, -0.15) is 25.3 Å². The average Bonchev–Trinajstić information content (AvgIpc) is 1.68. The minimum atomic E-state index is -2.13. The summed E-state index contributed by atoms with van der Waals surface area (Å²) in [6.45, 7) is 9.19. The molecule has 0 radical (unpaired) electrons. The van der Waals surface area contributed by atoms with Crippen molar-refractivity contribution < 1.29 is 96.4 Å². The topological polar surface area (TPSA) is 641 Å². The van der Waals surface area contributed by atoms with Gasteiger partial charge in [0.2, 0.25) is 82.7 Å². The molecule has 0 saturated heterocycles. The number of halogens is 1. The number of rotatable bonds is 47. The van der Waals surface area contributed by atoms with Crippen molar-refractivity contribution in [3.8, 4) is 0 Å². The number of hydrogen-bond donors (Lipinski definition) is 24. The van der Waals surface area contributed by atoms with Crippen molar-refractivity contribution in [2.24, 2.45) is 34.0 Å². The summed E-state index contributed by atoms with van der Waals surface area (Å²) in [5.74, 6) is -20.1. The molecule has 622 valence electrons. The number of nitrogens with two attached hydrogens (primary N) is 3. The van der Waals surface area contributed by atoms with Gasteiger partial charge in [-0.3, -0.25) is 76.9 Å². The standard InChI is InChI=1S/C71H100FN21O19S2/c1-8-33(4)57(83-36(7)95)69(110)91-52(30-114)66(107)92-56(32(2)3)68(109)89-48(20-37-25-78-43-13-10-9-12-41(37)43)63(104)85-46(17-18-53(73)96)62(103)88-50(24-55(98)99)65(106)87-47(21-38-26-79-44-16-15-39(72)22-42(38)44)60(101)80-28-54(97)82-34(5)59(100)86-49(23-40-27-76-31-81-40)64(105)84-45(14-11-19-77-71(74)75)61(102)90-51(29-113)67(108)93-58(35(6)94)70(111)112/h9-10,12-13,15-16,22,25-27,31-35,45-52,56-58,78-79,94,113-114H,8,11,14,17-21,23-24,28-30H2,1-7H3,(H2,73,96)(H,76,81)(H,80,101)(H,82,97)(H,83,95)(H,84,105)(H,85,104)(H,86,100)(H,87,106)(H,88,103)(H,89,109)(H,90,102)(H,91,110)(H,92,107)(H,93,108)(H,98,99)(H,111,112)(H4,74,75,77)/t33-,34-,35+,45-,46-,47-,48-,49-,50-,51-,52-,56-,57-,58-/m0/s1. The number of carboxylic acid groups (broad SMARTS) is 2. The van der Waals surface area contributed by atoms with Gasteiger partial charge in [0.1, 0.15) is 72.3 Å². The molecule has 0 aliphatic rings. The van der Waals surface area contributed by atoms with E-state index in [0.29, 0.717) is 28.4 Å². The van der Waals surface area contributed by atoms with Gasteiger partial charge < -0.3 is 117 Å². The van der Waals surface area contributed by atoms with E-state index in [1.807, 2.05) is 0 Å². The van der Waals surface area contributed by atoms with Gasteiger partial charge in [0.25, 0.3) is 0 Å². The van der Waals surface area contributed by atoms with Crippen LogP contribution in [0.5, 0.6) is 0 Å². The van der Waals surface area contributed by atoms with Crippen LogP contribution in [-0.4, -0.2) is 239 Å². The molecule has 0 unspecified atom stereocenters. The number of amides is 14. The number of carbonyl (C=O) groups excluding carboxylic acids is 14. The number of hydrogen-bond acceptors (Lipinski definition) is 21. The van der Waals surface area contributed by atoms with E-state index in [0.717, 1.165) is 19.1 Å². The van der Waals surface area contributed by atoms with Crippen LogP contribution in [0.25, 0.3) is 21.8 Å². The minimum Gasteiger partial charge on any atom is -0.481 e. The highest BCUT2D eigenvalue weighted by Gasteiger charge is 2.39. The van der Waals surface area contributed by atoms with Gasteiger partial charge in [-0.15, -0.1) is 0 Å². The zero-order valence-electron chi connectivity index (χ0n) is 63.5. The van der Waals surface area contributed by atoms with E-state index in [1.165, 1.54) is 38.6 Å². The number of para-hydroxylation sites is 1. The van der Waals surface area contributed by atoms with Crippen LogP contribution in [0.2, 0.25) is 0 Å². The number of aliphatic carboxylic acids is 2. The van der Waals surface area contributed by atoms with Gasteiger partial charge in [-0.05, 0) is 80.3 Å². The van der Waals surface area contributed by atoms with Crippen LogP contribution in [0.15, 0.2) is 72.4 Å². The zero-order chi connectivity index (χ0) is 84.8. The van der Waals surface area contributed by atoms with Gasteiger partial charge in [-0.25, -0.2) is 14.2 Å². The molecule has 5 aromatic rings. The summed E-state index contributed by atoms with van der Waals surface area (Å²) in [4.78, 5) is 235. The predicted octanol–water partition coefficient (Wildman–Crippen LogP) is -4.67. The van der Waals surface area contributed by atoms with Crippen LogP contribution in [0.1, 0.15) is 104 Å². The lowest BCUT2D eigenvalue weighted by Crippen LogP contribution is -2.61. The van der Waals surface area contributed by atoms with Gasteiger partial charge in [0.15, 0.2) is 12.0 Å². The molecule has 3 heterocycles. The van der Waals surface area contributed by atoms with Crippen LogP contribution in [0, 0.1) is 17.7 Å². The molecule has 0 aliphatic heterocycles. The summed E-state index contributed by atoms with van der Waals surface area (Å²) in [5.41, 5.74) is 18.3. The fourth-order valence-corrected chi connectivity index (χ4v) is 12.1. The molecule has 3 aromatic heterocycles. The summed E-state index contributed by atoms with van der Waals surface area (Å²) >= 11 is 8.38. The number of aliphatic imine (C=N–C) groups is 1. The van der Waals surface area contributed by atoms with E-state index in [-0.39, 0.29) is 66.5 Å². The quantitative estimate of drug-likeness (QED) is 0.00753. The molecule has 2 aromatic carbocycles. The zero-order valence-corrected chi connectivity index (χ0v) is 65.3. The van der Waals surface area contributed by atoms with Gasteiger partial charge in [-0.1, -0.05) is 52.3 Å². The highest BCUT2D eigenvalue weighted by molar-refractivity contribution is 7.80. The lowest BCUT2D eigenvalue weighted by Gasteiger charge is -2.29. The number of aromatic nitrogens is 4. The third kappa shape index (κ3) is 29.0. The van der Waals surface area contributed by atoms with E-state index in [1.54, 1.807) is 58.2 Å². The molecule has 0 saturated carbocycles. The molecule has 114 heavy (non-hydrogen) atoms. The number of H-pyrrole nitrogens is 3. The Kier molecular flexibility index (Phi) is 36.6. The first kappa shape index (κ1) is 92.7. The summed E-state index contributed by atoms with van der Waals surface area (Å²) in [6.07, 6.45) is 0.728. The SMILES string of the molecule is CC[C@H](C)[C@H](NC(C)=O)C(=O)N[C@@H](CS)C(=O)N[C@H](C(=O)N[C@@H](Cc1c[nH]c2ccccc12)C(=O)N[C@@H](CCC(N)=O)C(=O)N[C@@H](CC(=O)O)C(=O)N[C@@H](Cc1c[nH]c2ccc(F)cc12)C(=O)NCC(=O)N[C@@H](C)C(=O)N[C@@H](Cc1c[nH]cn1)C(=O)N[C@@H](CCCN=C(N)N)C(=O)N[C@@H](CS)C(=O)N[C@H](C(=O)O)[C@@H](C)O)C(C)C. The molecular formula is C71H100FN21O19S2. The number of aliphatic hydroxyl groups excluding tert-OH is 1. The Balaban J connectivity index is 1.38. The molecular weight excluding hydrogens is 1530 g/mol. The monoisotopic (exact) mass is 1630 g/mol. The number of guanidine groups is 1. The Bertz CT molecular complexity index is 4290. The highest BCUT2D eigenvalue weighted by atomic mass is 32.1. The van der Waals surface area contributed by atoms with Crippen molar-refractivity contribution in [3.63, 3.8) is 0 Å². The van der Waals surface area contributed by atoms with Crippen molar-refractivity contribution in [1.82, 2.24) is 89.1 Å². The second-order valence-corrected chi connectivity index (χ2v) is 28.0. The number of aromatic amines is 3. The van der Waals surface area contributed by atoms with Crippen LogP contribution in [-0.2, 0) is 96.0 Å². The van der Waals surface area contributed by atoms with E-state index < -0.39 is 223 Å². The molecule has 0 spiro atoms. The van der Waals surface area contributed by atoms with Crippen LogP contribution in [0.3, 0.4) is 0 Å². The molecule has 40 nitrogen and oxygen atoms in total. The molecule has 14 atom stereocenters. The first-order valence-corrected chi connectivity index (χ1v) is 37.5. The van der Waals surface area contributed by atoms with E-state index >= 15 is 0 Å². The van der Waals surface area contributed by atoms with Crippen molar-refractivity contribution in [1.29, 1.82) is 0 Å². The van der Waals surface area contributed by atoms with Gasteiger partial charge in [0, 0.05) is 91.1 Å². The molecule has 0 aliphatic carbocycles. The summed E-state index contributed by atoms with van der Waals surface area (Å²) in [7, 11) is 0. The Morgan fingerprint density at radius 2 is 1.04 bits per heavy atom. The van der Waals surface area contributed by atoms with Crippen molar-refractivity contribution in [2.45, 2.75) is 185 Å². The Morgan fingerprint density at radius 3 is 1.58 bits per heavy atom. The van der Waals surface area contributed by atoms with Gasteiger partial charge >= 0.3 is 11.9 Å². The number of nitrogens with zero attached hydrogens (tertiary/aromatic N) is 2. The third-order valence-electron chi connectivity index (χ3n) is 18.0. The first-order chi connectivity index (χ1) is 53.8. The summed E-state index contributed by atoms with van der Waals surface area (Å²) < 4.78 is 14.8. The maximum atomic E-state index is 14.8. The number of imidazole rings is 1. The maximum Gasteiger partial charge on any atom is 0.328 e. The van der Waals surface area contributed by atoms with E-state index in [4.69, 9.17) is 17.2 Å². The second kappa shape index (κ2) is 45.0. The number of thiol groups is 2. The maximum absolute atomic E-state index is 14.8. The number of nitrogens with one attached hydrogen (secondary N) is 16. The Morgan fingerprint density at radius 1 is 0.544 bits per heavy atom. The molecule has 5 rings (SSSR count). The van der Waals surface area contributed by atoms with Crippen molar-refractivity contribution in [2.75, 3.05) is 24.6 Å². The van der Waals surface area contributed by atoms with E-state index in [9.17, 15) is 96.4 Å². The third-order valence-corrected chi connectivity index (χ3v) is 18.7. The van der Waals surface area contributed by atoms with Crippen LogP contribution in [0.4, 0.5) is 4.39 Å². The lowest BCUT2D eigenvalue weighted by molar-refractivity contribution is -0.145. The Labute approximate surface area is 663 Å². The van der Waals surface area contributed by atoms with Crippen LogP contribution < -0.4 is 86.3 Å². The fraction of sp³-hybridized carbons (Fsp3) is 0.493. The number of aliphatic hydroxyl groups is 1. The largest absolute Gasteiger partial charge is 0.481 e. The lowest BCUT2D eigenvalue weighted by atomic mass is 9.97. The number of carbonyl (C=O) groups is 16. The number of carboxylic acids is 2. The smallest absolute Gasteiger partial charge is 0.328 e. The summed E-state index contributed by atoms with van der Waals surface area (Å²) in [6, 6.07) is -8.68.